The number of hydrogen-bond acceptors (Lipinski definition) is 3. The van der Waals surface area contributed by atoms with E-state index in [1.54, 1.807) is 0 Å². The Morgan fingerprint density at radius 3 is 2.86 bits per heavy atom. The molecule has 2 aliphatic heterocycles. The lowest BCUT2D eigenvalue weighted by Gasteiger charge is -2.37. The van der Waals surface area contributed by atoms with Crippen molar-refractivity contribution in [2.24, 2.45) is 0 Å². The lowest BCUT2D eigenvalue weighted by Crippen LogP contribution is -2.52. The van der Waals surface area contributed by atoms with Gasteiger partial charge in [0.2, 0.25) is 5.91 Å². The first-order valence-corrected chi connectivity index (χ1v) is 7.86. The van der Waals surface area contributed by atoms with Gasteiger partial charge in [-0.1, -0.05) is 29.8 Å². The van der Waals surface area contributed by atoms with Crippen molar-refractivity contribution >= 4 is 17.5 Å². The van der Waals surface area contributed by atoms with Crippen molar-refractivity contribution in [3.8, 4) is 0 Å². The van der Waals surface area contributed by atoms with Crippen LogP contribution in [-0.4, -0.2) is 54.6 Å². The molecule has 2 atom stereocenters. The smallest absolute Gasteiger partial charge is 0.248 e. The lowest BCUT2D eigenvalue weighted by atomic mass is 10.0. The second-order valence-corrected chi connectivity index (χ2v) is 6.27. The van der Waals surface area contributed by atoms with Crippen LogP contribution in [0.4, 0.5) is 0 Å². The maximum atomic E-state index is 11.7. The molecule has 4 nitrogen and oxygen atoms in total. The number of hydrogen-bond donors (Lipinski definition) is 0. The van der Waals surface area contributed by atoms with Gasteiger partial charge in [-0.15, -0.1) is 0 Å². The number of rotatable bonds is 2. The number of benzene rings is 1. The minimum atomic E-state index is 0.0933. The summed E-state index contributed by atoms with van der Waals surface area (Å²) in [5.41, 5.74) is 1.16. The summed E-state index contributed by atoms with van der Waals surface area (Å²) in [7, 11) is 1.90. The number of amides is 1. The highest BCUT2D eigenvalue weighted by Gasteiger charge is 2.36. The molecular formula is C16H21ClN2O2. The Balaban J connectivity index is 1.66. The van der Waals surface area contributed by atoms with E-state index in [0.717, 1.165) is 43.1 Å². The molecule has 0 bridgehead atoms. The molecule has 3 rings (SSSR count). The Labute approximate surface area is 130 Å². The van der Waals surface area contributed by atoms with Crippen LogP contribution in [0.5, 0.6) is 0 Å². The fraction of sp³-hybridized carbons (Fsp3) is 0.562. The van der Waals surface area contributed by atoms with Crippen molar-refractivity contribution in [3.63, 3.8) is 0 Å². The molecule has 1 aromatic carbocycles. The Bertz CT molecular complexity index is 523. The zero-order valence-electron chi connectivity index (χ0n) is 12.3. The summed E-state index contributed by atoms with van der Waals surface area (Å²) in [6.45, 7) is 3.03. The van der Waals surface area contributed by atoms with Gasteiger partial charge in [-0.25, -0.2) is 0 Å². The van der Waals surface area contributed by atoms with Gasteiger partial charge in [0, 0.05) is 31.7 Å². The van der Waals surface area contributed by atoms with Crippen LogP contribution in [0.2, 0.25) is 5.02 Å². The number of fused-ring (bicyclic) bond motifs is 1. The molecule has 0 radical (unpaired) electrons. The van der Waals surface area contributed by atoms with Gasteiger partial charge in [-0.05, 0) is 24.5 Å². The summed E-state index contributed by atoms with van der Waals surface area (Å²) >= 11 is 6.24. The Morgan fingerprint density at radius 2 is 2.05 bits per heavy atom. The molecule has 0 unspecified atom stereocenters. The van der Waals surface area contributed by atoms with Crippen LogP contribution < -0.4 is 0 Å². The van der Waals surface area contributed by atoms with Crippen LogP contribution in [0.1, 0.15) is 18.4 Å². The fourth-order valence-electron chi connectivity index (χ4n) is 3.24. The SMILES string of the molecule is CN1C(=O)CO[C@H]2CCN(Cc3ccccc3Cl)CC[C@@H]21. The van der Waals surface area contributed by atoms with Gasteiger partial charge in [0.1, 0.15) is 6.61 Å². The van der Waals surface area contributed by atoms with Crippen molar-refractivity contribution < 1.29 is 9.53 Å². The molecular weight excluding hydrogens is 288 g/mol. The van der Waals surface area contributed by atoms with Gasteiger partial charge >= 0.3 is 0 Å². The van der Waals surface area contributed by atoms with Gasteiger partial charge in [0.15, 0.2) is 0 Å². The zero-order valence-corrected chi connectivity index (χ0v) is 13.1. The molecule has 2 heterocycles. The third-order valence-electron chi connectivity index (χ3n) is 4.56. The minimum Gasteiger partial charge on any atom is -0.366 e. The van der Waals surface area contributed by atoms with E-state index in [4.69, 9.17) is 16.3 Å². The predicted molar refractivity (Wildman–Crippen MR) is 82.3 cm³/mol. The van der Waals surface area contributed by atoms with Crippen LogP contribution in [0.25, 0.3) is 0 Å². The van der Waals surface area contributed by atoms with Crippen LogP contribution >= 0.6 is 11.6 Å². The van der Waals surface area contributed by atoms with E-state index in [1.165, 1.54) is 0 Å². The Kier molecular flexibility index (Phi) is 4.48. The number of likely N-dealkylation sites (tertiary alicyclic amines) is 1. The average molecular weight is 309 g/mol. The largest absolute Gasteiger partial charge is 0.366 e. The standard InChI is InChI=1S/C16H21ClN2O2/c1-18-14-6-8-19(9-7-15(14)21-11-16(18)20)10-12-4-2-3-5-13(12)17/h2-5,14-15H,6-11H2,1H3/t14-,15-/m0/s1. The van der Waals surface area contributed by atoms with Gasteiger partial charge in [0.25, 0.3) is 0 Å². The molecule has 2 fully saturated rings. The van der Waals surface area contributed by atoms with Crippen LogP contribution in [0.15, 0.2) is 24.3 Å². The predicted octanol–water partition coefficient (Wildman–Crippen LogP) is 2.16. The zero-order chi connectivity index (χ0) is 14.8. The first-order chi connectivity index (χ1) is 10.1. The third-order valence-corrected chi connectivity index (χ3v) is 4.93. The van der Waals surface area contributed by atoms with Crippen molar-refractivity contribution in [3.05, 3.63) is 34.9 Å². The quantitative estimate of drug-likeness (QED) is 0.839. The lowest BCUT2D eigenvalue weighted by molar-refractivity contribution is -0.154. The first-order valence-electron chi connectivity index (χ1n) is 7.48. The summed E-state index contributed by atoms with van der Waals surface area (Å²) in [5.74, 6) is 0.0933. The third kappa shape index (κ3) is 3.23. The molecule has 1 aromatic rings. The van der Waals surface area contributed by atoms with Crippen LogP contribution in [-0.2, 0) is 16.1 Å². The van der Waals surface area contributed by atoms with E-state index < -0.39 is 0 Å². The molecule has 0 aliphatic carbocycles. The average Bonchev–Trinajstić information content (AvgIpc) is 2.69. The van der Waals surface area contributed by atoms with E-state index in [1.807, 2.05) is 30.1 Å². The van der Waals surface area contributed by atoms with Gasteiger partial charge < -0.3 is 9.64 Å². The van der Waals surface area contributed by atoms with Crippen molar-refractivity contribution in [1.82, 2.24) is 9.80 Å². The fourth-order valence-corrected chi connectivity index (χ4v) is 3.44. The van der Waals surface area contributed by atoms with Crippen molar-refractivity contribution in [2.45, 2.75) is 31.5 Å². The highest BCUT2D eigenvalue weighted by atomic mass is 35.5. The minimum absolute atomic E-state index is 0.0933. The number of carbonyl (C=O) groups excluding carboxylic acids is 1. The van der Waals surface area contributed by atoms with E-state index in [2.05, 4.69) is 11.0 Å². The summed E-state index contributed by atoms with van der Waals surface area (Å²) < 4.78 is 5.72. The van der Waals surface area contributed by atoms with Crippen molar-refractivity contribution in [2.75, 3.05) is 26.7 Å². The summed E-state index contributed by atoms with van der Waals surface area (Å²) in [6.07, 6.45) is 2.09. The van der Waals surface area contributed by atoms with E-state index >= 15 is 0 Å². The summed E-state index contributed by atoms with van der Waals surface area (Å²) in [6, 6.07) is 8.20. The number of morpholine rings is 1. The molecule has 0 spiro atoms. The molecule has 0 N–H and O–H groups in total. The molecule has 1 amide bonds. The molecule has 2 saturated heterocycles. The van der Waals surface area contributed by atoms with Crippen molar-refractivity contribution in [1.29, 1.82) is 0 Å². The normalized spacial score (nSPS) is 27.3. The molecule has 21 heavy (non-hydrogen) atoms. The maximum Gasteiger partial charge on any atom is 0.248 e. The highest BCUT2D eigenvalue weighted by molar-refractivity contribution is 6.31. The van der Waals surface area contributed by atoms with Crippen LogP contribution in [0.3, 0.4) is 0 Å². The Hall–Kier alpha value is -1.10. The van der Waals surface area contributed by atoms with E-state index in [9.17, 15) is 4.79 Å². The van der Waals surface area contributed by atoms with Crippen LogP contribution in [0, 0.1) is 0 Å². The highest BCUT2D eigenvalue weighted by Crippen LogP contribution is 2.25. The molecule has 114 valence electrons. The van der Waals surface area contributed by atoms with Gasteiger partial charge in [-0.3, -0.25) is 9.69 Å². The second kappa shape index (κ2) is 6.34. The Morgan fingerprint density at radius 1 is 1.29 bits per heavy atom. The maximum absolute atomic E-state index is 11.7. The topological polar surface area (TPSA) is 32.8 Å². The van der Waals surface area contributed by atoms with Gasteiger partial charge in [0.05, 0.1) is 12.1 Å². The molecule has 0 aromatic heterocycles. The van der Waals surface area contributed by atoms with E-state index in [-0.39, 0.29) is 24.7 Å². The molecule has 0 saturated carbocycles. The number of ether oxygens (including phenoxy) is 1. The first kappa shape index (κ1) is 14.8. The monoisotopic (exact) mass is 308 g/mol. The number of nitrogens with zero attached hydrogens (tertiary/aromatic N) is 2. The molecule has 2 aliphatic rings. The summed E-state index contributed by atoms with van der Waals surface area (Å²) in [5, 5.41) is 0.822. The second-order valence-electron chi connectivity index (χ2n) is 5.87. The number of halogens is 1. The van der Waals surface area contributed by atoms with Gasteiger partial charge in [-0.2, -0.15) is 0 Å². The van der Waals surface area contributed by atoms with E-state index in [0.29, 0.717) is 0 Å². The number of carbonyl (C=O) groups is 1. The molecule has 5 heteroatoms. The number of likely N-dealkylation sites (N-methyl/N-ethyl adjacent to an activating group) is 1. The summed E-state index contributed by atoms with van der Waals surface area (Å²) in [4.78, 5) is 16.0.